The molecule has 1 amide bonds. The molecule has 3 rings (SSSR count). The highest BCUT2D eigenvalue weighted by Crippen LogP contribution is 2.12. The Morgan fingerprint density at radius 1 is 1.25 bits per heavy atom. The van der Waals surface area contributed by atoms with Crippen molar-refractivity contribution in [2.75, 3.05) is 5.32 Å². The summed E-state index contributed by atoms with van der Waals surface area (Å²) in [7, 11) is 0. The molecule has 2 aromatic heterocycles. The van der Waals surface area contributed by atoms with Crippen molar-refractivity contribution >= 4 is 11.6 Å². The van der Waals surface area contributed by atoms with E-state index >= 15 is 0 Å². The molecule has 8 nitrogen and oxygen atoms in total. The third-order valence-corrected chi connectivity index (χ3v) is 2.68. The Balaban J connectivity index is 1.79. The molecule has 20 heavy (non-hydrogen) atoms. The van der Waals surface area contributed by atoms with Gasteiger partial charge < -0.3 is 10.3 Å². The Kier molecular flexibility index (Phi) is 2.88. The SMILES string of the molecule is O=C(Nc1ccc(-n2cc[nH]c2=O)cc1)c1ncn[nH]1. The Morgan fingerprint density at radius 3 is 2.65 bits per heavy atom. The second-order valence-corrected chi connectivity index (χ2v) is 3.97. The molecular formula is C12H10N6O2. The number of hydrogen-bond donors (Lipinski definition) is 3. The van der Waals surface area contributed by atoms with Gasteiger partial charge in [-0.1, -0.05) is 0 Å². The molecule has 0 radical (unpaired) electrons. The predicted octanol–water partition coefficient (Wildman–Crippen LogP) is 0.536. The number of nitrogens with zero attached hydrogens (tertiary/aromatic N) is 3. The van der Waals surface area contributed by atoms with E-state index in [0.29, 0.717) is 11.4 Å². The van der Waals surface area contributed by atoms with Gasteiger partial charge in [-0.05, 0) is 24.3 Å². The normalized spacial score (nSPS) is 10.4. The second kappa shape index (κ2) is 4.84. The number of carbonyl (C=O) groups excluding carboxylic acids is 1. The van der Waals surface area contributed by atoms with Crippen molar-refractivity contribution in [3.05, 3.63) is 59.3 Å². The summed E-state index contributed by atoms with van der Waals surface area (Å²) in [6.07, 6.45) is 4.45. The maximum absolute atomic E-state index is 11.7. The highest BCUT2D eigenvalue weighted by atomic mass is 16.2. The first-order chi connectivity index (χ1) is 9.74. The van der Waals surface area contributed by atoms with Gasteiger partial charge in [-0.15, -0.1) is 0 Å². The largest absolute Gasteiger partial charge is 0.330 e. The van der Waals surface area contributed by atoms with Crippen molar-refractivity contribution in [3.63, 3.8) is 0 Å². The maximum Gasteiger partial charge on any atom is 0.330 e. The smallest absolute Gasteiger partial charge is 0.319 e. The maximum atomic E-state index is 11.7. The predicted molar refractivity (Wildman–Crippen MR) is 70.7 cm³/mol. The minimum absolute atomic E-state index is 0.135. The fraction of sp³-hybridized carbons (Fsp3) is 0. The highest BCUT2D eigenvalue weighted by molar-refractivity contribution is 6.01. The molecule has 100 valence electrons. The van der Waals surface area contributed by atoms with Crippen molar-refractivity contribution in [1.29, 1.82) is 0 Å². The van der Waals surface area contributed by atoms with Crippen molar-refractivity contribution in [1.82, 2.24) is 24.7 Å². The summed E-state index contributed by atoms with van der Waals surface area (Å²) in [5.41, 5.74) is 1.08. The molecule has 0 saturated heterocycles. The molecule has 1 aromatic carbocycles. The van der Waals surface area contributed by atoms with Gasteiger partial charge in [0.25, 0.3) is 5.91 Å². The fourth-order valence-electron chi connectivity index (χ4n) is 1.73. The van der Waals surface area contributed by atoms with Gasteiger partial charge in [0.05, 0.1) is 5.69 Å². The second-order valence-electron chi connectivity index (χ2n) is 3.97. The lowest BCUT2D eigenvalue weighted by Gasteiger charge is -2.05. The minimum Gasteiger partial charge on any atom is -0.319 e. The molecule has 0 fully saturated rings. The standard InChI is InChI=1S/C12H10N6O2/c19-11(10-14-7-15-17-10)16-8-1-3-9(4-2-8)18-6-5-13-12(18)20/h1-7H,(H,13,20)(H,16,19)(H,14,15,17). The van der Waals surface area contributed by atoms with E-state index in [1.165, 1.54) is 10.9 Å². The molecule has 0 spiro atoms. The average Bonchev–Trinajstić information content (AvgIpc) is 3.11. The van der Waals surface area contributed by atoms with E-state index in [1.807, 2.05) is 0 Å². The van der Waals surface area contributed by atoms with Crippen LogP contribution in [-0.4, -0.2) is 30.6 Å². The zero-order chi connectivity index (χ0) is 13.9. The monoisotopic (exact) mass is 270 g/mol. The zero-order valence-corrected chi connectivity index (χ0v) is 10.2. The Bertz CT molecular complexity index is 769. The van der Waals surface area contributed by atoms with Crippen molar-refractivity contribution < 1.29 is 4.79 Å². The van der Waals surface area contributed by atoms with Crippen LogP contribution in [0.15, 0.2) is 47.8 Å². The summed E-state index contributed by atoms with van der Waals surface area (Å²) < 4.78 is 1.46. The number of rotatable bonds is 3. The van der Waals surface area contributed by atoms with E-state index in [1.54, 1.807) is 36.7 Å². The van der Waals surface area contributed by atoms with Crippen molar-refractivity contribution in [3.8, 4) is 5.69 Å². The number of anilines is 1. The van der Waals surface area contributed by atoms with Gasteiger partial charge in [-0.25, -0.2) is 9.78 Å². The fourth-order valence-corrected chi connectivity index (χ4v) is 1.73. The molecule has 3 aromatic rings. The summed E-state index contributed by atoms with van der Waals surface area (Å²) >= 11 is 0. The number of hydrogen-bond acceptors (Lipinski definition) is 4. The van der Waals surface area contributed by atoms with Gasteiger partial charge in [0.1, 0.15) is 6.33 Å². The van der Waals surface area contributed by atoms with Crippen LogP contribution < -0.4 is 11.0 Å². The van der Waals surface area contributed by atoms with E-state index in [0.717, 1.165) is 0 Å². The van der Waals surface area contributed by atoms with Crippen LogP contribution in [0.3, 0.4) is 0 Å². The van der Waals surface area contributed by atoms with Crippen LogP contribution in [-0.2, 0) is 0 Å². The first-order valence-electron chi connectivity index (χ1n) is 5.77. The van der Waals surface area contributed by atoms with Crippen LogP contribution in [0.5, 0.6) is 0 Å². The van der Waals surface area contributed by atoms with Gasteiger partial charge in [0.15, 0.2) is 0 Å². The highest BCUT2D eigenvalue weighted by Gasteiger charge is 2.08. The van der Waals surface area contributed by atoms with E-state index < -0.39 is 0 Å². The van der Waals surface area contributed by atoms with Gasteiger partial charge >= 0.3 is 5.69 Å². The molecule has 3 N–H and O–H groups in total. The van der Waals surface area contributed by atoms with Crippen molar-refractivity contribution in [2.24, 2.45) is 0 Å². The van der Waals surface area contributed by atoms with Gasteiger partial charge in [0.2, 0.25) is 5.82 Å². The molecule has 0 atom stereocenters. The Morgan fingerprint density at radius 2 is 2.05 bits per heavy atom. The van der Waals surface area contributed by atoms with E-state index in [2.05, 4.69) is 25.5 Å². The third-order valence-electron chi connectivity index (χ3n) is 2.68. The lowest BCUT2D eigenvalue weighted by atomic mass is 10.2. The first-order valence-corrected chi connectivity index (χ1v) is 5.77. The molecular weight excluding hydrogens is 260 g/mol. The topological polar surface area (TPSA) is 108 Å². The van der Waals surface area contributed by atoms with Crippen LogP contribution in [0.1, 0.15) is 10.6 Å². The molecule has 0 aliphatic rings. The lowest BCUT2D eigenvalue weighted by Crippen LogP contribution is -2.15. The average molecular weight is 270 g/mol. The van der Waals surface area contributed by atoms with Crippen LogP contribution >= 0.6 is 0 Å². The van der Waals surface area contributed by atoms with Gasteiger partial charge in [0, 0.05) is 18.1 Å². The van der Waals surface area contributed by atoms with Crippen LogP contribution in [0.4, 0.5) is 5.69 Å². The van der Waals surface area contributed by atoms with E-state index in [4.69, 9.17) is 0 Å². The van der Waals surface area contributed by atoms with Crippen LogP contribution in [0.2, 0.25) is 0 Å². The Labute approximate surface area is 112 Å². The number of H-pyrrole nitrogens is 2. The molecule has 0 saturated carbocycles. The van der Waals surface area contributed by atoms with Gasteiger partial charge in [-0.2, -0.15) is 5.10 Å². The summed E-state index contributed by atoms with van der Waals surface area (Å²) in [5.74, 6) is -0.245. The Hall–Kier alpha value is -3.16. The third kappa shape index (κ3) is 2.21. The number of nitrogens with one attached hydrogen (secondary N) is 3. The number of carbonyl (C=O) groups is 1. The summed E-state index contributed by atoms with van der Waals surface area (Å²) in [6, 6.07) is 6.85. The molecule has 0 bridgehead atoms. The summed E-state index contributed by atoms with van der Waals surface area (Å²) in [5, 5.41) is 8.74. The quantitative estimate of drug-likeness (QED) is 0.645. The molecule has 0 aliphatic carbocycles. The number of aromatic nitrogens is 5. The first kappa shape index (κ1) is 11.9. The van der Waals surface area contributed by atoms with E-state index in [-0.39, 0.29) is 17.4 Å². The molecule has 0 aliphatic heterocycles. The molecule has 2 heterocycles. The van der Waals surface area contributed by atoms with Crippen LogP contribution in [0, 0.1) is 0 Å². The number of aromatic amines is 2. The summed E-state index contributed by atoms with van der Waals surface area (Å²) in [4.78, 5) is 29.5. The van der Waals surface area contributed by atoms with E-state index in [9.17, 15) is 9.59 Å². The molecule has 0 unspecified atom stereocenters. The number of amides is 1. The number of imidazole rings is 1. The van der Waals surface area contributed by atoms with Gasteiger partial charge in [-0.3, -0.25) is 14.5 Å². The van der Waals surface area contributed by atoms with Crippen LogP contribution in [0.25, 0.3) is 5.69 Å². The minimum atomic E-state index is -0.380. The lowest BCUT2D eigenvalue weighted by molar-refractivity contribution is 0.101. The summed E-state index contributed by atoms with van der Waals surface area (Å²) in [6.45, 7) is 0. The molecule has 8 heteroatoms. The zero-order valence-electron chi connectivity index (χ0n) is 10.2. The van der Waals surface area contributed by atoms with Crippen molar-refractivity contribution in [2.45, 2.75) is 0 Å². The number of benzene rings is 1.